The molecule has 3 aromatic rings. The zero-order chi connectivity index (χ0) is 21.2. The Labute approximate surface area is 168 Å². The Kier molecular flexibility index (Phi) is 5.74. The van der Waals surface area contributed by atoms with Gasteiger partial charge in [-0.25, -0.2) is 4.98 Å². The van der Waals surface area contributed by atoms with E-state index in [1.165, 1.54) is 10.6 Å². The van der Waals surface area contributed by atoms with Gasteiger partial charge in [-0.1, -0.05) is 0 Å². The number of anilines is 1. The summed E-state index contributed by atoms with van der Waals surface area (Å²) in [6, 6.07) is 4.88. The van der Waals surface area contributed by atoms with Crippen molar-refractivity contribution in [3.8, 4) is 5.75 Å². The van der Waals surface area contributed by atoms with Crippen molar-refractivity contribution >= 4 is 17.2 Å². The Hall–Kier alpha value is -3.13. The molecule has 8 nitrogen and oxygen atoms in total. The first kappa shape index (κ1) is 20.6. The van der Waals surface area contributed by atoms with Gasteiger partial charge in [-0.2, -0.15) is 0 Å². The van der Waals surface area contributed by atoms with Crippen LogP contribution in [0.2, 0.25) is 0 Å². The first-order valence-corrected chi connectivity index (χ1v) is 9.52. The molecule has 0 aromatic carbocycles. The van der Waals surface area contributed by atoms with E-state index in [9.17, 15) is 14.7 Å². The fourth-order valence-corrected chi connectivity index (χ4v) is 2.95. The summed E-state index contributed by atoms with van der Waals surface area (Å²) in [6.07, 6.45) is 6.37. The molecule has 0 bridgehead atoms. The lowest BCUT2D eigenvalue weighted by atomic mass is 10.0. The summed E-state index contributed by atoms with van der Waals surface area (Å²) in [5.74, 6) is -0.0328. The van der Waals surface area contributed by atoms with E-state index in [4.69, 9.17) is 4.74 Å². The molecular formula is C21H26N4O4. The summed E-state index contributed by atoms with van der Waals surface area (Å²) < 4.78 is 8.81. The van der Waals surface area contributed by atoms with Crippen molar-refractivity contribution in [1.29, 1.82) is 0 Å². The minimum Gasteiger partial charge on any atom is -0.491 e. The molecule has 1 amide bonds. The maximum atomic E-state index is 12.7. The van der Waals surface area contributed by atoms with Crippen LogP contribution >= 0.6 is 0 Å². The van der Waals surface area contributed by atoms with Crippen LogP contribution in [-0.4, -0.2) is 37.2 Å². The van der Waals surface area contributed by atoms with Crippen molar-refractivity contribution in [2.45, 2.75) is 39.2 Å². The highest BCUT2D eigenvalue weighted by Gasteiger charge is 2.17. The Morgan fingerprint density at radius 3 is 2.79 bits per heavy atom. The number of amides is 1. The van der Waals surface area contributed by atoms with Gasteiger partial charge in [0.15, 0.2) is 0 Å². The van der Waals surface area contributed by atoms with E-state index >= 15 is 0 Å². The summed E-state index contributed by atoms with van der Waals surface area (Å²) in [5, 5.41) is 12.7. The number of carbonyl (C=O) groups is 1. The topological polar surface area (TPSA) is 97.9 Å². The number of aryl methyl sites for hydroxylation is 2. The second-order valence-corrected chi connectivity index (χ2v) is 7.59. The van der Waals surface area contributed by atoms with Crippen LogP contribution in [0.5, 0.6) is 5.75 Å². The van der Waals surface area contributed by atoms with Gasteiger partial charge < -0.3 is 24.1 Å². The molecule has 3 rings (SSSR count). The van der Waals surface area contributed by atoms with Gasteiger partial charge in [0.05, 0.1) is 17.9 Å². The van der Waals surface area contributed by atoms with E-state index in [2.05, 4.69) is 10.3 Å². The number of fused-ring (bicyclic) bond motifs is 1. The molecule has 0 aliphatic heterocycles. The third-order valence-electron chi connectivity index (χ3n) is 4.51. The van der Waals surface area contributed by atoms with Crippen molar-refractivity contribution in [2.24, 2.45) is 7.05 Å². The average molecular weight is 398 g/mol. The molecule has 29 heavy (non-hydrogen) atoms. The van der Waals surface area contributed by atoms with Crippen molar-refractivity contribution in [3.63, 3.8) is 0 Å². The summed E-state index contributed by atoms with van der Waals surface area (Å²) in [7, 11) is 1.59. The van der Waals surface area contributed by atoms with Crippen molar-refractivity contribution in [3.05, 3.63) is 58.4 Å². The highest BCUT2D eigenvalue weighted by Crippen LogP contribution is 2.27. The normalized spacial score (nSPS) is 11.6. The zero-order valence-electron chi connectivity index (χ0n) is 17.1. The number of hydrogen-bond donors (Lipinski definition) is 2. The molecule has 8 heteroatoms. The van der Waals surface area contributed by atoms with E-state index < -0.39 is 11.5 Å². The third kappa shape index (κ3) is 4.83. The number of ether oxygens (including phenoxy) is 1. The van der Waals surface area contributed by atoms with Gasteiger partial charge in [-0.05, 0) is 45.7 Å². The second kappa shape index (κ2) is 8.08. The Morgan fingerprint density at radius 2 is 2.10 bits per heavy atom. The molecule has 0 fully saturated rings. The number of nitrogens with zero attached hydrogens (tertiary/aromatic N) is 3. The van der Waals surface area contributed by atoms with E-state index in [1.807, 2.05) is 13.1 Å². The average Bonchev–Trinajstić information content (AvgIpc) is 3.04. The summed E-state index contributed by atoms with van der Waals surface area (Å²) in [6.45, 7) is 5.79. The fraction of sp³-hybridized carbons (Fsp3) is 0.381. The van der Waals surface area contributed by atoms with Gasteiger partial charge in [0, 0.05) is 31.7 Å². The molecule has 0 radical (unpaired) electrons. The smallest absolute Gasteiger partial charge is 0.263 e. The molecule has 0 spiro atoms. The number of aliphatic hydroxyl groups is 1. The minimum absolute atomic E-state index is 0.0500. The maximum absolute atomic E-state index is 12.7. The lowest BCUT2D eigenvalue weighted by molar-refractivity contribution is 0.0711. The predicted molar refractivity (Wildman–Crippen MR) is 111 cm³/mol. The van der Waals surface area contributed by atoms with Crippen LogP contribution < -0.4 is 15.6 Å². The van der Waals surface area contributed by atoms with Crippen LogP contribution in [-0.2, 0) is 13.5 Å². The third-order valence-corrected chi connectivity index (χ3v) is 4.51. The van der Waals surface area contributed by atoms with Crippen molar-refractivity contribution in [2.75, 3.05) is 11.9 Å². The molecule has 154 valence electrons. The van der Waals surface area contributed by atoms with Crippen LogP contribution in [0.25, 0.3) is 5.65 Å². The van der Waals surface area contributed by atoms with Crippen LogP contribution in [0.1, 0.15) is 43.2 Å². The lowest BCUT2D eigenvalue weighted by Gasteiger charge is -2.15. The van der Waals surface area contributed by atoms with E-state index in [0.717, 1.165) is 5.69 Å². The van der Waals surface area contributed by atoms with Crippen LogP contribution in [0.3, 0.4) is 0 Å². The number of rotatable bonds is 7. The van der Waals surface area contributed by atoms with Crippen LogP contribution in [0.4, 0.5) is 5.69 Å². The standard InChI is InChI=1S/C21H26N4O4/c1-5-29-17-11-18-22-14(8-9-21(2,3)28)12-25(18)13-16(17)23-19(26)15-7-6-10-24(4)20(15)27/h6-7,10-13,28H,5,8-9H2,1-4H3,(H,23,26). The quantitative estimate of drug-likeness (QED) is 0.637. The van der Waals surface area contributed by atoms with Crippen LogP contribution in [0, 0.1) is 0 Å². The minimum atomic E-state index is -0.771. The largest absolute Gasteiger partial charge is 0.491 e. The molecule has 0 saturated carbocycles. The number of nitrogens with one attached hydrogen (secondary N) is 1. The summed E-state index contributed by atoms with van der Waals surface area (Å²) in [4.78, 5) is 29.4. The molecule has 0 aliphatic rings. The molecule has 3 aromatic heterocycles. The Bertz CT molecular complexity index is 1090. The highest BCUT2D eigenvalue weighted by atomic mass is 16.5. The molecule has 2 N–H and O–H groups in total. The van der Waals surface area contributed by atoms with E-state index in [0.29, 0.717) is 36.5 Å². The van der Waals surface area contributed by atoms with E-state index in [-0.39, 0.29) is 11.1 Å². The van der Waals surface area contributed by atoms with Crippen molar-refractivity contribution in [1.82, 2.24) is 14.0 Å². The Morgan fingerprint density at radius 1 is 1.34 bits per heavy atom. The number of pyridine rings is 2. The fourth-order valence-electron chi connectivity index (χ4n) is 2.95. The second-order valence-electron chi connectivity index (χ2n) is 7.59. The molecular weight excluding hydrogens is 372 g/mol. The van der Waals surface area contributed by atoms with Gasteiger partial charge in [-0.15, -0.1) is 0 Å². The predicted octanol–water partition coefficient (Wildman–Crippen LogP) is 2.39. The zero-order valence-corrected chi connectivity index (χ0v) is 17.1. The van der Waals surface area contributed by atoms with Gasteiger partial charge in [0.1, 0.15) is 22.6 Å². The summed E-state index contributed by atoms with van der Waals surface area (Å²) in [5.41, 5.74) is 0.854. The first-order valence-electron chi connectivity index (χ1n) is 9.52. The molecule has 0 unspecified atom stereocenters. The number of imidazole rings is 1. The lowest BCUT2D eigenvalue weighted by Crippen LogP contribution is -2.27. The Balaban J connectivity index is 1.93. The molecule has 3 heterocycles. The number of aromatic nitrogens is 3. The van der Waals surface area contributed by atoms with Gasteiger partial charge in [0.25, 0.3) is 11.5 Å². The maximum Gasteiger partial charge on any atom is 0.263 e. The number of hydrogen-bond acceptors (Lipinski definition) is 5. The van der Waals surface area contributed by atoms with E-state index in [1.54, 1.807) is 49.8 Å². The molecule has 0 saturated heterocycles. The van der Waals surface area contributed by atoms with Crippen molar-refractivity contribution < 1.29 is 14.6 Å². The number of carbonyl (C=O) groups excluding carboxylic acids is 1. The van der Waals surface area contributed by atoms with Gasteiger partial charge >= 0.3 is 0 Å². The monoisotopic (exact) mass is 398 g/mol. The van der Waals surface area contributed by atoms with Gasteiger partial charge in [0.2, 0.25) is 0 Å². The molecule has 0 aliphatic carbocycles. The highest BCUT2D eigenvalue weighted by molar-refractivity contribution is 6.04. The SMILES string of the molecule is CCOc1cc2nc(CCC(C)(C)O)cn2cc1NC(=O)c1cccn(C)c1=O. The summed E-state index contributed by atoms with van der Waals surface area (Å²) >= 11 is 0. The molecule has 0 atom stereocenters. The first-order chi connectivity index (χ1) is 13.7. The van der Waals surface area contributed by atoms with Crippen LogP contribution in [0.15, 0.2) is 41.6 Å². The van der Waals surface area contributed by atoms with Gasteiger partial charge in [-0.3, -0.25) is 9.59 Å².